The van der Waals surface area contributed by atoms with Crippen LogP contribution in [0.25, 0.3) is 0 Å². The van der Waals surface area contributed by atoms with Gasteiger partial charge >= 0.3 is 0 Å². The largest absolute Gasteiger partial charge is 0.344 e. The van der Waals surface area contributed by atoms with E-state index in [4.69, 9.17) is 0 Å². The maximum atomic E-state index is 12.8. The van der Waals surface area contributed by atoms with E-state index >= 15 is 0 Å². The summed E-state index contributed by atoms with van der Waals surface area (Å²) in [5.74, 6) is -0.143. The van der Waals surface area contributed by atoms with Gasteiger partial charge in [-0.2, -0.15) is 0 Å². The molecule has 0 aromatic carbocycles. The quantitative estimate of drug-likeness (QED) is 0.569. The Kier molecular flexibility index (Phi) is 9.92. The Morgan fingerprint density at radius 1 is 1.12 bits per heavy atom. The first-order valence-corrected chi connectivity index (χ1v) is 9.93. The summed E-state index contributed by atoms with van der Waals surface area (Å²) < 4.78 is 0. The lowest BCUT2D eigenvalue weighted by molar-refractivity contribution is -0.127. The number of pyridine rings is 1. The van der Waals surface area contributed by atoms with E-state index in [-0.39, 0.29) is 17.7 Å². The lowest BCUT2D eigenvalue weighted by Crippen LogP contribution is -2.47. The molecule has 0 spiro atoms. The van der Waals surface area contributed by atoms with E-state index in [1.165, 1.54) is 19.3 Å². The molecule has 0 aliphatic heterocycles. The average Bonchev–Trinajstić information content (AvgIpc) is 2.62. The van der Waals surface area contributed by atoms with Gasteiger partial charge in [-0.1, -0.05) is 52.9 Å². The molecule has 1 aromatic rings. The van der Waals surface area contributed by atoms with Gasteiger partial charge in [-0.25, -0.2) is 0 Å². The zero-order valence-corrected chi connectivity index (χ0v) is 17.0. The van der Waals surface area contributed by atoms with Gasteiger partial charge in [0.1, 0.15) is 6.04 Å². The number of unbranched alkanes of at least 4 members (excludes halogenated alkanes) is 4. The standard InChI is InChI=1S/C21H35N3O2/c1-6-8-9-10-11-12-18(25)23-20(15(3)7-2)21(26)24-19-16(4)13-14-22-17(19)5/h13-15,20H,6-12H2,1-5H3,(H,23,25)(H,24,26)/t15-,20-/m0/s1. The van der Waals surface area contributed by atoms with Gasteiger partial charge in [-0.3, -0.25) is 14.6 Å². The van der Waals surface area contributed by atoms with Crippen molar-refractivity contribution in [2.24, 2.45) is 5.92 Å². The van der Waals surface area contributed by atoms with E-state index < -0.39 is 6.04 Å². The van der Waals surface area contributed by atoms with Gasteiger partial charge in [-0.15, -0.1) is 0 Å². The van der Waals surface area contributed by atoms with Crippen LogP contribution in [0.15, 0.2) is 12.3 Å². The second-order valence-electron chi connectivity index (χ2n) is 7.17. The first-order chi connectivity index (χ1) is 12.4. The molecule has 146 valence electrons. The SMILES string of the molecule is CCCCCCCC(=O)N[C@H](C(=O)Nc1c(C)ccnc1C)[C@@H](C)CC. The molecule has 0 aliphatic rings. The van der Waals surface area contributed by atoms with Crippen LogP contribution in [0.1, 0.15) is 77.0 Å². The predicted molar refractivity (Wildman–Crippen MR) is 107 cm³/mol. The van der Waals surface area contributed by atoms with E-state index in [0.29, 0.717) is 6.42 Å². The monoisotopic (exact) mass is 361 g/mol. The average molecular weight is 362 g/mol. The second kappa shape index (κ2) is 11.7. The van der Waals surface area contributed by atoms with Crippen molar-refractivity contribution < 1.29 is 9.59 Å². The first kappa shape index (κ1) is 22.1. The molecule has 5 nitrogen and oxygen atoms in total. The highest BCUT2D eigenvalue weighted by Crippen LogP contribution is 2.19. The number of carbonyl (C=O) groups is 2. The molecule has 0 bridgehead atoms. The molecule has 2 amide bonds. The highest BCUT2D eigenvalue weighted by molar-refractivity contribution is 5.98. The molecule has 1 aromatic heterocycles. The number of nitrogens with zero attached hydrogens (tertiary/aromatic N) is 1. The number of aromatic nitrogens is 1. The zero-order chi connectivity index (χ0) is 19.5. The molecule has 0 aliphatic carbocycles. The molecule has 0 saturated carbocycles. The minimum atomic E-state index is -0.526. The molecule has 2 N–H and O–H groups in total. The van der Waals surface area contributed by atoms with Crippen molar-refractivity contribution in [1.82, 2.24) is 10.3 Å². The Balaban J connectivity index is 2.68. The molecule has 1 rings (SSSR count). The van der Waals surface area contributed by atoms with Gasteiger partial charge in [-0.05, 0) is 37.8 Å². The van der Waals surface area contributed by atoms with Crippen LogP contribution in [0.2, 0.25) is 0 Å². The van der Waals surface area contributed by atoms with Gasteiger partial charge < -0.3 is 10.6 Å². The van der Waals surface area contributed by atoms with Crippen molar-refractivity contribution in [3.63, 3.8) is 0 Å². The number of carbonyl (C=O) groups excluding carboxylic acids is 2. The molecule has 26 heavy (non-hydrogen) atoms. The van der Waals surface area contributed by atoms with Crippen molar-refractivity contribution >= 4 is 17.5 Å². The third kappa shape index (κ3) is 7.14. The lowest BCUT2D eigenvalue weighted by atomic mass is 9.97. The molecule has 0 fully saturated rings. The van der Waals surface area contributed by atoms with Crippen LogP contribution in [0.5, 0.6) is 0 Å². The van der Waals surface area contributed by atoms with Crippen LogP contribution < -0.4 is 10.6 Å². The number of rotatable bonds is 11. The third-order valence-corrected chi connectivity index (χ3v) is 4.92. The summed E-state index contributed by atoms with van der Waals surface area (Å²) in [6, 6.07) is 1.34. The highest BCUT2D eigenvalue weighted by Gasteiger charge is 2.26. The fourth-order valence-electron chi connectivity index (χ4n) is 2.92. The smallest absolute Gasteiger partial charge is 0.247 e. The predicted octanol–water partition coefficient (Wildman–Crippen LogP) is 4.53. The number of hydrogen-bond acceptors (Lipinski definition) is 3. The molecule has 0 unspecified atom stereocenters. The molecule has 0 radical (unpaired) electrons. The van der Waals surface area contributed by atoms with Crippen molar-refractivity contribution in [1.29, 1.82) is 0 Å². The van der Waals surface area contributed by atoms with Crippen LogP contribution in [0.3, 0.4) is 0 Å². The third-order valence-electron chi connectivity index (χ3n) is 4.92. The topological polar surface area (TPSA) is 71.1 Å². The van der Waals surface area contributed by atoms with E-state index in [2.05, 4.69) is 22.5 Å². The fraction of sp³-hybridized carbons (Fsp3) is 0.667. The van der Waals surface area contributed by atoms with Crippen molar-refractivity contribution in [2.45, 2.75) is 85.6 Å². The number of anilines is 1. The van der Waals surface area contributed by atoms with Gasteiger partial charge in [0.25, 0.3) is 0 Å². The summed E-state index contributed by atoms with van der Waals surface area (Å²) >= 11 is 0. The Bertz CT molecular complexity index is 566. The normalized spacial score (nSPS) is 13.1. The van der Waals surface area contributed by atoms with Gasteiger partial charge in [0.05, 0.1) is 11.4 Å². The summed E-state index contributed by atoms with van der Waals surface area (Å²) in [7, 11) is 0. The van der Waals surface area contributed by atoms with E-state index in [9.17, 15) is 9.59 Å². The van der Waals surface area contributed by atoms with E-state index in [1.807, 2.05) is 33.8 Å². The van der Waals surface area contributed by atoms with Crippen LogP contribution in [0, 0.1) is 19.8 Å². The Morgan fingerprint density at radius 2 is 1.81 bits per heavy atom. The number of nitrogens with one attached hydrogen (secondary N) is 2. The molecule has 2 atom stereocenters. The summed E-state index contributed by atoms with van der Waals surface area (Å²) in [6.45, 7) is 10.0. The first-order valence-electron chi connectivity index (χ1n) is 9.93. The highest BCUT2D eigenvalue weighted by atomic mass is 16.2. The summed E-state index contributed by atoms with van der Waals surface area (Å²) in [5.41, 5.74) is 2.49. The second-order valence-corrected chi connectivity index (χ2v) is 7.17. The number of hydrogen-bond donors (Lipinski definition) is 2. The summed E-state index contributed by atoms with van der Waals surface area (Å²) in [6.07, 6.45) is 8.54. The number of amides is 2. The maximum absolute atomic E-state index is 12.8. The molecule has 0 saturated heterocycles. The Hall–Kier alpha value is -1.91. The minimum absolute atomic E-state index is 0.0402. The maximum Gasteiger partial charge on any atom is 0.247 e. The summed E-state index contributed by atoms with van der Waals surface area (Å²) in [4.78, 5) is 29.3. The molecule has 1 heterocycles. The van der Waals surface area contributed by atoms with E-state index in [1.54, 1.807) is 6.20 Å². The Labute approximate surface area is 158 Å². The minimum Gasteiger partial charge on any atom is -0.344 e. The Morgan fingerprint density at radius 3 is 2.42 bits per heavy atom. The molecular formula is C21H35N3O2. The van der Waals surface area contributed by atoms with Crippen LogP contribution in [-0.2, 0) is 9.59 Å². The zero-order valence-electron chi connectivity index (χ0n) is 17.0. The van der Waals surface area contributed by atoms with Crippen molar-refractivity contribution in [2.75, 3.05) is 5.32 Å². The van der Waals surface area contributed by atoms with Crippen molar-refractivity contribution in [3.05, 3.63) is 23.5 Å². The van der Waals surface area contributed by atoms with Crippen LogP contribution in [-0.4, -0.2) is 22.8 Å². The van der Waals surface area contributed by atoms with E-state index in [0.717, 1.165) is 36.2 Å². The number of aryl methyl sites for hydroxylation is 2. The van der Waals surface area contributed by atoms with Crippen LogP contribution in [0.4, 0.5) is 5.69 Å². The molecular weight excluding hydrogens is 326 g/mol. The van der Waals surface area contributed by atoms with Gasteiger partial charge in [0, 0.05) is 12.6 Å². The van der Waals surface area contributed by atoms with Gasteiger partial charge in [0.15, 0.2) is 0 Å². The molecule has 5 heteroatoms. The van der Waals surface area contributed by atoms with Crippen LogP contribution >= 0.6 is 0 Å². The summed E-state index contributed by atoms with van der Waals surface area (Å²) in [5, 5.41) is 5.91. The van der Waals surface area contributed by atoms with Gasteiger partial charge in [0.2, 0.25) is 11.8 Å². The van der Waals surface area contributed by atoms with Crippen molar-refractivity contribution in [3.8, 4) is 0 Å². The fourth-order valence-corrected chi connectivity index (χ4v) is 2.92. The lowest BCUT2D eigenvalue weighted by Gasteiger charge is -2.24.